The number of aromatic nitrogens is 1. The minimum absolute atomic E-state index is 0.00703. The molecule has 1 aromatic carbocycles. The Labute approximate surface area is 114 Å². The molecule has 0 fully saturated rings. The molecule has 6 heteroatoms. The summed E-state index contributed by atoms with van der Waals surface area (Å²) >= 11 is 0. The lowest BCUT2D eigenvalue weighted by Crippen LogP contribution is -2.15. The van der Waals surface area contributed by atoms with E-state index in [1.165, 1.54) is 18.3 Å². The Morgan fingerprint density at radius 1 is 1.40 bits per heavy atom. The molecule has 1 aliphatic heterocycles. The number of aryl methyl sites for hydroxylation is 1. The number of pyridine rings is 1. The molecule has 0 atom stereocenters. The molecule has 0 amide bonds. The molecule has 0 radical (unpaired) electrons. The van der Waals surface area contributed by atoms with Gasteiger partial charge in [0.2, 0.25) is 0 Å². The fraction of sp³-hybridized carbons (Fsp3) is 0.214. The van der Waals surface area contributed by atoms with Crippen molar-refractivity contribution in [3.8, 4) is 0 Å². The zero-order valence-electron chi connectivity index (χ0n) is 10.8. The maximum Gasteiger partial charge on any atom is 0.290 e. The highest BCUT2D eigenvalue weighted by molar-refractivity contribution is 5.68. The number of fused-ring (bicyclic) bond motifs is 1. The second kappa shape index (κ2) is 4.56. The van der Waals surface area contributed by atoms with Crippen molar-refractivity contribution in [3.63, 3.8) is 0 Å². The van der Waals surface area contributed by atoms with Crippen LogP contribution in [0.1, 0.15) is 11.1 Å². The summed E-state index contributed by atoms with van der Waals surface area (Å²) in [5.41, 5.74) is 2.38. The average molecular weight is 273 g/mol. The topological polar surface area (TPSA) is 59.3 Å². The molecule has 1 aliphatic rings. The van der Waals surface area contributed by atoms with Crippen LogP contribution in [0.2, 0.25) is 0 Å². The molecule has 0 aliphatic carbocycles. The number of halogens is 1. The van der Waals surface area contributed by atoms with Crippen LogP contribution in [0.3, 0.4) is 0 Å². The monoisotopic (exact) mass is 273 g/mol. The first-order valence-electron chi connectivity index (χ1n) is 6.23. The minimum Gasteiger partial charge on any atom is -0.326 e. The quantitative estimate of drug-likeness (QED) is 0.623. The van der Waals surface area contributed by atoms with Crippen LogP contribution < -0.4 is 4.90 Å². The highest BCUT2D eigenvalue weighted by atomic mass is 19.1. The molecule has 0 N–H and O–H groups in total. The second-order valence-electron chi connectivity index (χ2n) is 4.76. The first-order chi connectivity index (χ1) is 9.56. The minimum atomic E-state index is -0.455. The van der Waals surface area contributed by atoms with Crippen molar-refractivity contribution < 1.29 is 9.31 Å². The number of rotatable bonds is 2. The highest BCUT2D eigenvalue weighted by Crippen LogP contribution is 2.35. The van der Waals surface area contributed by atoms with Crippen molar-refractivity contribution >= 4 is 17.2 Å². The summed E-state index contributed by atoms with van der Waals surface area (Å²) < 4.78 is 13.4. The van der Waals surface area contributed by atoms with Gasteiger partial charge in [0.1, 0.15) is 17.8 Å². The highest BCUT2D eigenvalue weighted by Gasteiger charge is 2.23. The molecule has 0 spiro atoms. The number of nitrogens with zero attached hydrogens (tertiary/aromatic N) is 3. The third kappa shape index (κ3) is 1.99. The van der Waals surface area contributed by atoms with Crippen molar-refractivity contribution in [2.45, 2.75) is 13.3 Å². The summed E-state index contributed by atoms with van der Waals surface area (Å²) in [6.07, 6.45) is 2.06. The van der Waals surface area contributed by atoms with Gasteiger partial charge in [-0.2, -0.15) is 0 Å². The summed E-state index contributed by atoms with van der Waals surface area (Å²) in [5, 5.41) is 10.8. The van der Waals surface area contributed by atoms with Crippen molar-refractivity contribution in [1.82, 2.24) is 4.98 Å². The van der Waals surface area contributed by atoms with Crippen molar-refractivity contribution in [2.24, 2.45) is 0 Å². The van der Waals surface area contributed by atoms with E-state index in [-0.39, 0.29) is 11.5 Å². The van der Waals surface area contributed by atoms with Gasteiger partial charge in [-0.25, -0.2) is 9.37 Å². The SMILES string of the molecule is Cc1cc(N2CCc3ccc(F)cc32)ncc1[N+](=O)[O-]. The number of benzene rings is 1. The number of hydrogen-bond donors (Lipinski definition) is 0. The summed E-state index contributed by atoms with van der Waals surface area (Å²) in [5.74, 6) is 0.312. The molecular weight excluding hydrogens is 261 g/mol. The van der Waals surface area contributed by atoms with E-state index in [2.05, 4.69) is 4.98 Å². The first kappa shape index (κ1) is 12.5. The third-order valence-electron chi connectivity index (χ3n) is 3.48. The Morgan fingerprint density at radius 2 is 2.20 bits per heavy atom. The van der Waals surface area contributed by atoms with E-state index in [0.717, 1.165) is 17.7 Å². The molecule has 3 rings (SSSR count). The molecule has 0 bridgehead atoms. The number of nitro groups is 1. The van der Waals surface area contributed by atoms with E-state index in [0.29, 0.717) is 17.9 Å². The molecule has 0 saturated carbocycles. The standard InChI is InChI=1S/C14H12FN3O2/c1-9-6-14(16-8-13(9)18(19)20)17-5-4-10-2-3-11(15)7-12(10)17/h2-3,6-8H,4-5H2,1H3. The third-order valence-corrected chi connectivity index (χ3v) is 3.48. The predicted molar refractivity (Wildman–Crippen MR) is 72.7 cm³/mol. The summed E-state index contributed by atoms with van der Waals surface area (Å²) in [7, 11) is 0. The van der Waals surface area contributed by atoms with Gasteiger partial charge < -0.3 is 4.90 Å². The van der Waals surface area contributed by atoms with Crippen LogP contribution in [0.25, 0.3) is 0 Å². The van der Waals surface area contributed by atoms with Crippen LogP contribution in [0.5, 0.6) is 0 Å². The molecule has 20 heavy (non-hydrogen) atoms. The lowest BCUT2D eigenvalue weighted by molar-refractivity contribution is -0.385. The Kier molecular flexibility index (Phi) is 2.85. The molecule has 5 nitrogen and oxygen atoms in total. The van der Waals surface area contributed by atoms with E-state index in [1.807, 2.05) is 4.90 Å². The van der Waals surface area contributed by atoms with Crippen LogP contribution in [0, 0.1) is 22.9 Å². The second-order valence-corrected chi connectivity index (χ2v) is 4.76. The van der Waals surface area contributed by atoms with Gasteiger partial charge in [0, 0.05) is 17.8 Å². The van der Waals surface area contributed by atoms with Gasteiger partial charge in [0.15, 0.2) is 0 Å². The van der Waals surface area contributed by atoms with Gasteiger partial charge in [-0.15, -0.1) is 0 Å². The van der Waals surface area contributed by atoms with E-state index in [4.69, 9.17) is 0 Å². The Hall–Kier alpha value is -2.50. The predicted octanol–water partition coefficient (Wildman–Crippen LogP) is 3.13. The van der Waals surface area contributed by atoms with Crippen molar-refractivity contribution in [2.75, 3.05) is 11.4 Å². The van der Waals surface area contributed by atoms with E-state index in [1.54, 1.807) is 19.1 Å². The summed E-state index contributed by atoms with van der Waals surface area (Å²) in [6, 6.07) is 6.35. The number of hydrogen-bond acceptors (Lipinski definition) is 4. The van der Waals surface area contributed by atoms with Crippen LogP contribution in [-0.2, 0) is 6.42 Å². The van der Waals surface area contributed by atoms with E-state index < -0.39 is 4.92 Å². The van der Waals surface area contributed by atoms with Crippen molar-refractivity contribution in [1.29, 1.82) is 0 Å². The fourth-order valence-corrected chi connectivity index (χ4v) is 2.46. The largest absolute Gasteiger partial charge is 0.326 e. The smallest absolute Gasteiger partial charge is 0.290 e. The van der Waals surface area contributed by atoms with E-state index in [9.17, 15) is 14.5 Å². The van der Waals surface area contributed by atoms with Crippen LogP contribution in [-0.4, -0.2) is 16.5 Å². The fourth-order valence-electron chi connectivity index (χ4n) is 2.46. The molecule has 102 valence electrons. The molecule has 1 aromatic heterocycles. The molecule has 0 saturated heterocycles. The molecule has 2 aromatic rings. The summed E-state index contributed by atoms with van der Waals surface area (Å²) in [4.78, 5) is 16.4. The lowest BCUT2D eigenvalue weighted by atomic mass is 10.1. The lowest BCUT2D eigenvalue weighted by Gasteiger charge is -2.18. The normalized spacial score (nSPS) is 13.4. The maximum absolute atomic E-state index is 13.4. The maximum atomic E-state index is 13.4. The van der Waals surface area contributed by atoms with Gasteiger partial charge in [0.05, 0.1) is 4.92 Å². The first-order valence-corrected chi connectivity index (χ1v) is 6.23. The molecule has 2 heterocycles. The van der Waals surface area contributed by atoms with Gasteiger partial charge in [-0.1, -0.05) is 6.07 Å². The zero-order valence-corrected chi connectivity index (χ0v) is 10.8. The summed E-state index contributed by atoms with van der Waals surface area (Å²) in [6.45, 7) is 2.37. The van der Waals surface area contributed by atoms with E-state index >= 15 is 0 Å². The zero-order chi connectivity index (χ0) is 14.3. The average Bonchev–Trinajstić information content (AvgIpc) is 2.81. The Bertz CT molecular complexity index is 703. The van der Waals surface area contributed by atoms with Crippen LogP contribution in [0.15, 0.2) is 30.5 Å². The van der Waals surface area contributed by atoms with Crippen molar-refractivity contribution in [3.05, 3.63) is 57.5 Å². The van der Waals surface area contributed by atoms with Crippen LogP contribution in [0.4, 0.5) is 21.6 Å². The molecule has 0 unspecified atom stereocenters. The van der Waals surface area contributed by atoms with Gasteiger partial charge in [-0.3, -0.25) is 10.1 Å². The van der Waals surface area contributed by atoms with Gasteiger partial charge in [-0.05, 0) is 37.1 Å². The van der Waals surface area contributed by atoms with Crippen LogP contribution >= 0.6 is 0 Å². The Morgan fingerprint density at radius 3 is 2.90 bits per heavy atom. The van der Waals surface area contributed by atoms with Gasteiger partial charge >= 0.3 is 0 Å². The molecular formula is C14H12FN3O2. The Balaban J connectivity index is 2.02. The number of anilines is 2. The van der Waals surface area contributed by atoms with Gasteiger partial charge in [0.25, 0.3) is 5.69 Å².